The molecule has 1 saturated heterocycles. The number of fused-ring (bicyclic) bond motifs is 1. The second-order valence-corrected chi connectivity index (χ2v) is 18.7. The number of carboxylic acid groups (broad SMARTS) is 1. The van der Waals surface area contributed by atoms with E-state index in [1.165, 1.54) is 22.3 Å². The first-order valence-electron chi connectivity index (χ1n) is 21.0. The summed E-state index contributed by atoms with van der Waals surface area (Å²) < 4.78 is 18.1. The van der Waals surface area contributed by atoms with Gasteiger partial charge in [-0.1, -0.05) is 39.7 Å². The van der Waals surface area contributed by atoms with Crippen LogP contribution in [0.3, 0.4) is 0 Å². The van der Waals surface area contributed by atoms with Crippen molar-refractivity contribution in [1.82, 2.24) is 25.5 Å². The lowest BCUT2D eigenvalue weighted by Crippen LogP contribution is -2.59. The van der Waals surface area contributed by atoms with E-state index in [-0.39, 0.29) is 31.4 Å². The van der Waals surface area contributed by atoms with Crippen LogP contribution in [0.2, 0.25) is 0 Å². The molecule has 0 bridgehead atoms. The first kappa shape index (κ1) is 42.9. The Morgan fingerprint density at radius 2 is 1.73 bits per heavy atom. The Bertz CT molecular complexity index is 2160. The van der Waals surface area contributed by atoms with Crippen molar-refractivity contribution in [2.75, 3.05) is 19.0 Å². The molecule has 2 aromatic heterocycles. The van der Waals surface area contributed by atoms with Crippen LogP contribution in [-0.4, -0.2) is 93.2 Å². The van der Waals surface area contributed by atoms with Gasteiger partial charge < -0.3 is 40.2 Å². The Labute approximate surface area is 354 Å². The number of aryl methyl sites for hydroxylation is 1. The molecule has 1 aliphatic heterocycles. The molecule has 322 valence electrons. The second kappa shape index (κ2) is 17.4. The summed E-state index contributed by atoms with van der Waals surface area (Å²) >= 11 is 1.30. The summed E-state index contributed by atoms with van der Waals surface area (Å²) in [6.07, 6.45) is 8.33. The molecule has 5 unspecified atom stereocenters. The van der Waals surface area contributed by atoms with E-state index in [2.05, 4.69) is 22.5 Å². The summed E-state index contributed by atoms with van der Waals surface area (Å²) in [5.41, 5.74) is 0.0420. The van der Waals surface area contributed by atoms with E-state index in [0.29, 0.717) is 51.3 Å². The van der Waals surface area contributed by atoms with Crippen molar-refractivity contribution in [2.24, 2.45) is 17.3 Å². The number of aliphatic carboxylic acids is 1. The van der Waals surface area contributed by atoms with Crippen LogP contribution >= 0.6 is 11.3 Å². The number of nitrogens with one attached hydrogen (secondary N) is 3. The van der Waals surface area contributed by atoms with Crippen molar-refractivity contribution >= 4 is 57.2 Å². The number of pyridine rings is 1. The van der Waals surface area contributed by atoms with Gasteiger partial charge in [-0.3, -0.25) is 14.4 Å². The molecule has 0 spiro atoms. The van der Waals surface area contributed by atoms with Gasteiger partial charge in [0.15, 0.2) is 5.13 Å². The number of ether oxygens (including phenoxy) is 3. The Balaban J connectivity index is 1.19. The van der Waals surface area contributed by atoms with Crippen LogP contribution in [0.15, 0.2) is 36.2 Å². The third kappa shape index (κ3) is 9.22. The van der Waals surface area contributed by atoms with Gasteiger partial charge in [0, 0.05) is 41.7 Å². The Kier molecular flexibility index (Phi) is 12.4. The molecule has 4 N–H and O–H groups in total. The molecule has 60 heavy (non-hydrogen) atoms. The molecular weight excluding hydrogens is 789 g/mol. The fourth-order valence-electron chi connectivity index (χ4n) is 8.87. The number of thiazole rings is 1. The fourth-order valence-corrected chi connectivity index (χ4v) is 9.59. The zero-order valence-electron chi connectivity index (χ0n) is 35.0. The number of carbonyl (C=O) groups is 5. The molecule has 3 aliphatic carbocycles. The van der Waals surface area contributed by atoms with Gasteiger partial charge in [0.1, 0.15) is 47.0 Å². The molecule has 4 aliphatic rings. The first-order valence-corrected chi connectivity index (χ1v) is 21.8. The van der Waals surface area contributed by atoms with E-state index in [1.54, 1.807) is 19.2 Å². The van der Waals surface area contributed by atoms with Crippen LogP contribution in [0, 0.1) is 24.2 Å². The molecule has 3 saturated carbocycles. The lowest BCUT2D eigenvalue weighted by atomic mass is 9.85. The number of hydrogen-bond acceptors (Lipinski definition) is 11. The summed E-state index contributed by atoms with van der Waals surface area (Å²) in [5.74, 6) is -1.47. The number of carbonyl (C=O) groups excluding carboxylic acids is 4. The quantitative estimate of drug-likeness (QED) is 0.125. The van der Waals surface area contributed by atoms with E-state index in [9.17, 15) is 29.1 Å². The highest BCUT2D eigenvalue weighted by atomic mass is 32.1. The van der Waals surface area contributed by atoms with Crippen LogP contribution in [0.4, 0.5) is 9.93 Å². The van der Waals surface area contributed by atoms with E-state index in [1.807, 2.05) is 39.1 Å². The lowest BCUT2D eigenvalue weighted by Gasteiger charge is -2.35. The van der Waals surface area contributed by atoms with Gasteiger partial charge in [-0.2, -0.15) is 0 Å². The molecule has 5 atom stereocenters. The minimum Gasteiger partial charge on any atom is -0.496 e. The van der Waals surface area contributed by atoms with E-state index in [4.69, 9.17) is 24.2 Å². The number of alkyl carbamates (subject to hydrolysis) is 1. The highest BCUT2D eigenvalue weighted by Crippen LogP contribution is 2.45. The summed E-state index contributed by atoms with van der Waals surface area (Å²) in [5, 5.41) is 21.5. The molecule has 0 radical (unpaired) electrons. The van der Waals surface area contributed by atoms with Gasteiger partial charge in [0.05, 0.1) is 24.9 Å². The zero-order chi connectivity index (χ0) is 42.9. The summed E-state index contributed by atoms with van der Waals surface area (Å²) in [4.78, 5) is 78.3. The topological polar surface area (TPSA) is 198 Å². The minimum atomic E-state index is -1.53. The van der Waals surface area contributed by atoms with Gasteiger partial charge in [-0.25, -0.2) is 19.6 Å². The number of methoxy groups -OCH3 is 1. The largest absolute Gasteiger partial charge is 0.496 e. The van der Waals surface area contributed by atoms with Crippen LogP contribution in [0.1, 0.15) is 97.0 Å². The number of likely N-dealkylation sites (tertiary alicyclic amines) is 1. The first-order chi connectivity index (χ1) is 28.6. The van der Waals surface area contributed by atoms with Crippen LogP contribution in [-0.2, 0) is 23.9 Å². The van der Waals surface area contributed by atoms with Gasteiger partial charge in [-0.15, -0.1) is 17.9 Å². The molecule has 3 heterocycles. The SMILES string of the molecule is C=CC1CC1(NC(=O)C1CC(Oc2cc(-c3csc(NC(=O)CC4CCCC4)n3)nc3cc(OC)c(C)cc23)CN1C(=O)C(NC(=O)OC1CCCC1)C(C)(C)C)C(=O)O. The maximum atomic E-state index is 14.7. The monoisotopic (exact) mass is 844 g/mol. The number of benzene rings is 1. The Morgan fingerprint density at radius 3 is 2.38 bits per heavy atom. The van der Waals surface area contributed by atoms with Crippen molar-refractivity contribution in [3.63, 3.8) is 0 Å². The highest BCUT2D eigenvalue weighted by Gasteiger charge is 2.61. The predicted molar refractivity (Wildman–Crippen MR) is 226 cm³/mol. The molecule has 1 aromatic carbocycles. The summed E-state index contributed by atoms with van der Waals surface area (Å²) in [6, 6.07) is 3.23. The maximum Gasteiger partial charge on any atom is 0.408 e. The Hall–Kier alpha value is -5.25. The van der Waals surface area contributed by atoms with Crippen molar-refractivity contribution in [3.8, 4) is 22.9 Å². The summed E-state index contributed by atoms with van der Waals surface area (Å²) in [6.45, 7) is 11.0. The van der Waals surface area contributed by atoms with E-state index >= 15 is 0 Å². The highest BCUT2D eigenvalue weighted by molar-refractivity contribution is 7.14. The van der Waals surface area contributed by atoms with Crippen molar-refractivity contribution < 1.29 is 43.3 Å². The smallest absolute Gasteiger partial charge is 0.408 e. The number of hydrogen-bond donors (Lipinski definition) is 4. The third-order valence-electron chi connectivity index (χ3n) is 12.4. The van der Waals surface area contributed by atoms with Crippen LogP contribution < -0.4 is 25.4 Å². The third-order valence-corrected chi connectivity index (χ3v) is 13.1. The number of aromatic nitrogens is 2. The minimum absolute atomic E-state index is 0.0254. The number of anilines is 1. The van der Waals surface area contributed by atoms with Crippen molar-refractivity contribution in [1.29, 1.82) is 0 Å². The molecular formula is C44H56N6O9S. The molecule has 4 amide bonds. The molecule has 15 nitrogen and oxygen atoms in total. The predicted octanol–water partition coefficient (Wildman–Crippen LogP) is 6.77. The lowest BCUT2D eigenvalue weighted by molar-refractivity contribution is -0.146. The van der Waals surface area contributed by atoms with E-state index in [0.717, 1.165) is 56.9 Å². The van der Waals surface area contributed by atoms with Crippen molar-refractivity contribution in [3.05, 3.63) is 41.8 Å². The fraction of sp³-hybridized carbons (Fsp3) is 0.568. The average Bonchev–Trinajstić information content (AvgIpc) is 3.83. The van der Waals surface area contributed by atoms with Gasteiger partial charge in [0.2, 0.25) is 17.7 Å². The standard InChI is InChI=1S/C44H56N6O9S/c1-7-26-21-44(26,40(54)55)49-38(52)33-18-28(22-50(33)39(53)37(43(3,4)5)48-42(56)59-27-14-10-11-15-27)58-35-20-31(45-30-19-34(57-6)24(2)16-29(30)35)32-23-60-41(46-32)47-36(51)17-25-12-8-9-13-25/h7,16,19-20,23,25-28,33,37H,1,8-15,17-18,21-22H2,2-6H3,(H,48,56)(H,49,52)(H,54,55)(H,46,47,51). The van der Waals surface area contributed by atoms with E-state index < -0.39 is 58.9 Å². The van der Waals surface area contributed by atoms with Crippen LogP contribution in [0.25, 0.3) is 22.3 Å². The average molecular weight is 845 g/mol. The molecule has 3 aromatic rings. The van der Waals surface area contributed by atoms with Crippen molar-refractivity contribution in [2.45, 2.75) is 128 Å². The Morgan fingerprint density at radius 1 is 1.02 bits per heavy atom. The molecule has 16 heteroatoms. The number of carboxylic acids is 1. The second-order valence-electron chi connectivity index (χ2n) is 17.8. The van der Waals surface area contributed by atoms with Crippen LogP contribution in [0.5, 0.6) is 11.5 Å². The van der Waals surface area contributed by atoms with Gasteiger partial charge in [-0.05, 0) is 74.8 Å². The normalized spacial score (nSPS) is 23.6. The van der Waals surface area contributed by atoms with Gasteiger partial charge in [0.25, 0.3) is 0 Å². The number of rotatable bonds is 14. The number of nitrogens with zero attached hydrogens (tertiary/aromatic N) is 3. The van der Waals surface area contributed by atoms with Gasteiger partial charge >= 0.3 is 12.1 Å². The summed E-state index contributed by atoms with van der Waals surface area (Å²) in [7, 11) is 1.58. The number of amides is 4. The maximum absolute atomic E-state index is 14.7. The zero-order valence-corrected chi connectivity index (χ0v) is 35.8. The molecule has 4 fully saturated rings. The molecule has 7 rings (SSSR count).